The maximum absolute atomic E-state index is 13.8. The van der Waals surface area contributed by atoms with Crippen LogP contribution in [0, 0.1) is 5.82 Å². The molecule has 1 aliphatic heterocycles. The van der Waals surface area contributed by atoms with Gasteiger partial charge in [0.2, 0.25) is 0 Å². The Labute approximate surface area is 97.3 Å². The van der Waals surface area contributed by atoms with E-state index in [1.54, 1.807) is 6.07 Å². The molecule has 1 nitrogen and oxygen atoms in total. The van der Waals surface area contributed by atoms with Gasteiger partial charge in [-0.25, -0.2) is 4.39 Å². The molecule has 1 fully saturated rings. The first-order chi connectivity index (χ1) is 7.68. The molecule has 1 aliphatic rings. The van der Waals surface area contributed by atoms with Gasteiger partial charge in [0, 0.05) is 13.1 Å². The first kappa shape index (κ1) is 11.4. The molecule has 1 aromatic rings. The lowest BCUT2D eigenvalue weighted by Crippen LogP contribution is -2.30. The monoisotopic (exact) mass is 221 g/mol. The number of piperidine rings is 1. The summed E-state index contributed by atoms with van der Waals surface area (Å²) in [6.07, 6.45) is 3.65. The predicted octanol–water partition coefficient (Wildman–Crippen LogP) is 3.94. The zero-order chi connectivity index (χ0) is 11.5. The number of rotatable bonds is 2. The lowest BCUT2D eigenvalue weighted by molar-refractivity contribution is 0.556. The summed E-state index contributed by atoms with van der Waals surface area (Å²) in [4.78, 5) is 2.19. The Kier molecular flexibility index (Phi) is 3.47. The standard InChI is InChI=1S/C14H20FN/c1-11(2)12-6-7-13(15)14(10-12)16-8-4-3-5-9-16/h6-7,10-11H,3-5,8-9H2,1-2H3. The molecule has 0 saturated carbocycles. The maximum Gasteiger partial charge on any atom is 0.146 e. The minimum absolute atomic E-state index is 0.0775. The van der Waals surface area contributed by atoms with E-state index in [0.717, 1.165) is 18.8 Å². The smallest absolute Gasteiger partial charge is 0.146 e. The highest BCUT2D eigenvalue weighted by molar-refractivity contribution is 5.50. The van der Waals surface area contributed by atoms with Gasteiger partial charge in [-0.1, -0.05) is 19.9 Å². The summed E-state index contributed by atoms with van der Waals surface area (Å²) >= 11 is 0. The number of anilines is 1. The Bertz CT molecular complexity index is 354. The van der Waals surface area contributed by atoms with Crippen molar-refractivity contribution in [1.29, 1.82) is 0 Å². The Hall–Kier alpha value is -1.05. The van der Waals surface area contributed by atoms with Gasteiger partial charge in [0.1, 0.15) is 5.82 Å². The van der Waals surface area contributed by atoms with Gasteiger partial charge >= 0.3 is 0 Å². The molecule has 88 valence electrons. The predicted molar refractivity (Wildman–Crippen MR) is 66.6 cm³/mol. The van der Waals surface area contributed by atoms with Crippen LogP contribution >= 0.6 is 0 Å². The highest BCUT2D eigenvalue weighted by Gasteiger charge is 2.15. The zero-order valence-electron chi connectivity index (χ0n) is 10.2. The zero-order valence-corrected chi connectivity index (χ0v) is 10.2. The van der Waals surface area contributed by atoms with Gasteiger partial charge in [-0.05, 0) is 42.9 Å². The molecular formula is C14H20FN. The Balaban J connectivity index is 2.27. The average Bonchev–Trinajstić information content (AvgIpc) is 2.30. The summed E-state index contributed by atoms with van der Waals surface area (Å²) in [5.41, 5.74) is 2.02. The molecular weight excluding hydrogens is 201 g/mol. The van der Waals surface area contributed by atoms with E-state index in [0.29, 0.717) is 5.92 Å². The molecule has 2 rings (SSSR count). The van der Waals surface area contributed by atoms with E-state index >= 15 is 0 Å². The molecule has 0 amide bonds. The van der Waals surface area contributed by atoms with Gasteiger partial charge in [0.05, 0.1) is 5.69 Å². The van der Waals surface area contributed by atoms with Crippen LogP contribution in [0.1, 0.15) is 44.6 Å². The van der Waals surface area contributed by atoms with E-state index < -0.39 is 0 Å². The molecule has 0 N–H and O–H groups in total. The second kappa shape index (κ2) is 4.86. The fraction of sp³-hybridized carbons (Fsp3) is 0.571. The van der Waals surface area contributed by atoms with Gasteiger partial charge in [-0.3, -0.25) is 0 Å². The first-order valence-electron chi connectivity index (χ1n) is 6.23. The van der Waals surface area contributed by atoms with Gasteiger partial charge in [-0.2, -0.15) is 0 Å². The van der Waals surface area contributed by atoms with Crippen LogP contribution in [0.5, 0.6) is 0 Å². The Morgan fingerprint density at radius 3 is 2.44 bits per heavy atom. The molecule has 0 atom stereocenters. The topological polar surface area (TPSA) is 3.24 Å². The van der Waals surface area contributed by atoms with Gasteiger partial charge < -0.3 is 4.90 Å². The summed E-state index contributed by atoms with van der Waals surface area (Å²) in [6, 6.07) is 5.53. The van der Waals surface area contributed by atoms with Crippen molar-refractivity contribution < 1.29 is 4.39 Å². The van der Waals surface area contributed by atoms with Gasteiger partial charge in [-0.15, -0.1) is 0 Å². The minimum Gasteiger partial charge on any atom is -0.369 e. The molecule has 1 heterocycles. The maximum atomic E-state index is 13.8. The van der Waals surface area contributed by atoms with Crippen LogP contribution in [0.4, 0.5) is 10.1 Å². The molecule has 0 bridgehead atoms. The lowest BCUT2D eigenvalue weighted by atomic mass is 10.0. The quantitative estimate of drug-likeness (QED) is 0.731. The molecule has 0 spiro atoms. The summed E-state index contributed by atoms with van der Waals surface area (Å²) in [5, 5.41) is 0. The second-order valence-electron chi connectivity index (χ2n) is 4.91. The summed E-state index contributed by atoms with van der Waals surface area (Å²) in [6.45, 7) is 6.29. The van der Waals surface area contributed by atoms with Crippen LogP contribution in [0.3, 0.4) is 0 Å². The number of benzene rings is 1. The minimum atomic E-state index is -0.0775. The van der Waals surface area contributed by atoms with E-state index in [2.05, 4.69) is 18.7 Å². The van der Waals surface area contributed by atoms with Crippen LogP contribution in [0.2, 0.25) is 0 Å². The molecule has 16 heavy (non-hydrogen) atoms. The van der Waals surface area contributed by atoms with Crippen LogP contribution in [-0.2, 0) is 0 Å². The van der Waals surface area contributed by atoms with Gasteiger partial charge in [0.25, 0.3) is 0 Å². The number of halogens is 1. The third kappa shape index (κ3) is 2.37. The van der Waals surface area contributed by atoms with Crippen molar-refractivity contribution in [1.82, 2.24) is 0 Å². The summed E-state index contributed by atoms with van der Waals surface area (Å²) in [5.74, 6) is 0.385. The van der Waals surface area contributed by atoms with E-state index in [4.69, 9.17) is 0 Å². The number of hydrogen-bond donors (Lipinski definition) is 0. The van der Waals surface area contributed by atoms with Crippen LogP contribution in [0.15, 0.2) is 18.2 Å². The van der Waals surface area contributed by atoms with Crippen molar-refractivity contribution in [3.63, 3.8) is 0 Å². The first-order valence-corrected chi connectivity index (χ1v) is 6.23. The highest BCUT2D eigenvalue weighted by Crippen LogP contribution is 2.27. The van der Waals surface area contributed by atoms with Crippen LogP contribution in [0.25, 0.3) is 0 Å². The van der Waals surface area contributed by atoms with E-state index in [1.807, 2.05) is 12.1 Å². The molecule has 1 saturated heterocycles. The van der Waals surface area contributed by atoms with Crippen LogP contribution < -0.4 is 4.90 Å². The van der Waals surface area contributed by atoms with Crippen molar-refractivity contribution in [2.45, 2.75) is 39.0 Å². The van der Waals surface area contributed by atoms with Crippen molar-refractivity contribution in [3.8, 4) is 0 Å². The summed E-state index contributed by atoms with van der Waals surface area (Å²) < 4.78 is 13.8. The van der Waals surface area contributed by atoms with Crippen molar-refractivity contribution in [2.24, 2.45) is 0 Å². The third-order valence-corrected chi connectivity index (χ3v) is 3.33. The normalized spacial score (nSPS) is 16.9. The Morgan fingerprint density at radius 2 is 1.81 bits per heavy atom. The number of nitrogens with zero attached hydrogens (tertiary/aromatic N) is 1. The average molecular weight is 221 g/mol. The van der Waals surface area contributed by atoms with Crippen LogP contribution in [-0.4, -0.2) is 13.1 Å². The second-order valence-corrected chi connectivity index (χ2v) is 4.91. The molecule has 2 heteroatoms. The molecule has 0 aliphatic carbocycles. The summed E-state index contributed by atoms with van der Waals surface area (Å²) in [7, 11) is 0. The van der Waals surface area contributed by atoms with E-state index in [1.165, 1.54) is 24.8 Å². The molecule has 0 unspecified atom stereocenters. The van der Waals surface area contributed by atoms with E-state index in [-0.39, 0.29) is 5.82 Å². The highest BCUT2D eigenvalue weighted by atomic mass is 19.1. The molecule has 0 aromatic heterocycles. The van der Waals surface area contributed by atoms with Crippen molar-refractivity contribution >= 4 is 5.69 Å². The van der Waals surface area contributed by atoms with E-state index in [9.17, 15) is 4.39 Å². The Morgan fingerprint density at radius 1 is 1.12 bits per heavy atom. The lowest BCUT2D eigenvalue weighted by Gasteiger charge is -2.29. The third-order valence-electron chi connectivity index (χ3n) is 3.33. The fourth-order valence-electron chi connectivity index (χ4n) is 2.27. The molecule has 1 aromatic carbocycles. The SMILES string of the molecule is CC(C)c1ccc(F)c(N2CCCCC2)c1. The fourth-order valence-corrected chi connectivity index (χ4v) is 2.27. The molecule has 0 radical (unpaired) electrons. The van der Waals surface area contributed by atoms with Crippen molar-refractivity contribution in [2.75, 3.05) is 18.0 Å². The largest absolute Gasteiger partial charge is 0.369 e. The number of hydrogen-bond acceptors (Lipinski definition) is 1. The van der Waals surface area contributed by atoms with Crippen molar-refractivity contribution in [3.05, 3.63) is 29.6 Å². The van der Waals surface area contributed by atoms with Gasteiger partial charge in [0.15, 0.2) is 0 Å².